The minimum atomic E-state index is -0.452. The smallest absolute Gasteiger partial charge is 0.287 e. The van der Waals surface area contributed by atoms with Crippen LogP contribution in [0.1, 0.15) is 19.4 Å². The summed E-state index contributed by atoms with van der Waals surface area (Å²) in [6.45, 7) is 6.41. The zero-order valence-corrected chi connectivity index (χ0v) is 10.3. The summed E-state index contributed by atoms with van der Waals surface area (Å²) in [6, 6.07) is 1.62. The molecule has 6 heteroatoms. The van der Waals surface area contributed by atoms with Gasteiger partial charge in [-0.3, -0.25) is 10.1 Å². The molecule has 1 unspecified atom stereocenters. The summed E-state index contributed by atoms with van der Waals surface area (Å²) in [7, 11) is 0. The summed E-state index contributed by atoms with van der Waals surface area (Å²) in [5.74, 6) is 1.02. The molecule has 0 saturated carbocycles. The molecule has 0 radical (unpaired) electrons. The molecule has 3 N–H and O–H groups in total. The van der Waals surface area contributed by atoms with Crippen LogP contribution in [-0.2, 0) is 0 Å². The number of anilines is 1. The molecule has 0 aromatic carbocycles. The van der Waals surface area contributed by atoms with Gasteiger partial charge in [0.15, 0.2) is 0 Å². The van der Waals surface area contributed by atoms with Crippen molar-refractivity contribution in [1.29, 1.82) is 0 Å². The van der Waals surface area contributed by atoms with E-state index in [1.54, 1.807) is 6.92 Å². The predicted molar refractivity (Wildman–Crippen MR) is 66.9 cm³/mol. The lowest BCUT2D eigenvalue weighted by molar-refractivity contribution is -0.385. The van der Waals surface area contributed by atoms with Crippen LogP contribution in [0.3, 0.4) is 0 Å². The first-order chi connectivity index (χ1) is 7.95. The molecule has 0 fully saturated rings. The molecule has 17 heavy (non-hydrogen) atoms. The van der Waals surface area contributed by atoms with E-state index in [1.165, 1.54) is 12.3 Å². The molecule has 94 valence electrons. The summed E-state index contributed by atoms with van der Waals surface area (Å²) >= 11 is 0. The molecule has 1 atom stereocenters. The van der Waals surface area contributed by atoms with Crippen LogP contribution in [-0.4, -0.2) is 22.5 Å². The van der Waals surface area contributed by atoms with Crippen LogP contribution in [0.4, 0.5) is 11.5 Å². The van der Waals surface area contributed by atoms with E-state index in [4.69, 9.17) is 5.73 Å². The van der Waals surface area contributed by atoms with Crippen molar-refractivity contribution in [3.63, 3.8) is 0 Å². The van der Waals surface area contributed by atoms with Gasteiger partial charge in [0.2, 0.25) is 0 Å². The van der Waals surface area contributed by atoms with Crippen LogP contribution in [0.25, 0.3) is 0 Å². The van der Waals surface area contributed by atoms with Gasteiger partial charge in [-0.25, -0.2) is 4.98 Å². The fraction of sp³-hybridized carbons (Fsp3) is 0.545. The molecular weight excluding hydrogens is 220 g/mol. The second kappa shape index (κ2) is 5.58. The number of aryl methyl sites for hydroxylation is 1. The average molecular weight is 238 g/mol. The Balaban J connectivity index is 2.89. The number of nitrogens with two attached hydrogens (primary N) is 1. The standard InChI is InChI=1S/C11H18N4O2/c1-7(2)10(5-12)14-11-8(3)4-9(6-13-11)15(16)17/h4,6-7,10H,5,12H2,1-3H3,(H,13,14). The van der Waals surface area contributed by atoms with Crippen LogP contribution < -0.4 is 11.1 Å². The molecule has 1 aromatic heterocycles. The molecular formula is C11H18N4O2. The van der Waals surface area contributed by atoms with Gasteiger partial charge in [-0.15, -0.1) is 0 Å². The Labute approximate surface area is 100 Å². The second-order valence-corrected chi connectivity index (χ2v) is 4.35. The van der Waals surface area contributed by atoms with Gasteiger partial charge in [0, 0.05) is 18.7 Å². The Hall–Kier alpha value is -1.69. The Bertz CT molecular complexity index is 406. The maximum atomic E-state index is 10.6. The fourth-order valence-electron chi connectivity index (χ4n) is 1.48. The van der Waals surface area contributed by atoms with E-state index < -0.39 is 4.92 Å². The highest BCUT2D eigenvalue weighted by Crippen LogP contribution is 2.19. The molecule has 1 aromatic rings. The van der Waals surface area contributed by atoms with Crippen molar-refractivity contribution in [2.45, 2.75) is 26.8 Å². The third-order valence-electron chi connectivity index (χ3n) is 2.66. The highest BCUT2D eigenvalue weighted by molar-refractivity contribution is 5.48. The molecule has 0 aliphatic heterocycles. The minimum absolute atomic E-state index is 0.00176. The monoisotopic (exact) mass is 238 g/mol. The molecule has 0 aliphatic rings. The van der Waals surface area contributed by atoms with Gasteiger partial charge in [0.1, 0.15) is 12.0 Å². The summed E-state index contributed by atoms with van der Waals surface area (Å²) in [5.41, 5.74) is 6.40. The zero-order valence-electron chi connectivity index (χ0n) is 10.3. The van der Waals surface area contributed by atoms with Crippen molar-refractivity contribution >= 4 is 11.5 Å². The first-order valence-electron chi connectivity index (χ1n) is 5.53. The number of nitrogens with one attached hydrogen (secondary N) is 1. The summed E-state index contributed by atoms with van der Waals surface area (Å²) in [6.07, 6.45) is 1.25. The maximum Gasteiger partial charge on any atom is 0.287 e. The molecule has 0 amide bonds. The van der Waals surface area contributed by atoms with Gasteiger partial charge in [0.05, 0.1) is 4.92 Å². The van der Waals surface area contributed by atoms with Crippen molar-refractivity contribution in [1.82, 2.24) is 4.98 Å². The van der Waals surface area contributed by atoms with Gasteiger partial charge in [-0.2, -0.15) is 0 Å². The quantitative estimate of drug-likeness (QED) is 0.601. The average Bonchev–Trinajstić information content (AvgIpc) is 2.26. The van der Waals surface area contributed by atoms with Gasteiger partial charge in [-0.1, -0.05) is 13.8 Å². The van der Waals surface area contributed by atoms with Crippen molar-refractivity contribution in [3.05, 3.63) is 27.9 Å². The third kappa shape index (κ3) is 3.39. The van der Waals surface area contributed by atoms with Crippen molar-refractivity contribution < 1.29 is 4.92 Å². The van der Waals surface area contributed by atoms with Gasteiger partial charge in [0.25, 0.3) is 5.69 Å². The molecule has 6 nitrogen and oxygen atoms in total. The first-order valence-corrected chi connectivity index (χ1v) is 5.53. The number of pyridine rings is 1. The van der Waals surface area contributed by atoms with Gasteiger partial charge in [-0.05, 0) is 18.4 Å². The number of rotatable bonds is 5. The Morgan fingerprint density at radius 2 is 2.24 bits per heavy atom. The van der Waals surface area contributed by atoms with E-state index in [-0.39, 0.29) is 11.7 Å². The maximum absolute atomic E-state index is 10.6. The SMILES string of the molecule is Cc1cc([N+](=O)[O-])cnc1NC(CN)C(C)C. The van der Waals surface area contributed by atoms with Crippen molar-refractivity contribution in [2.75, 3.05) is 11.9 Å². The summed E-state index contributed by atoms with van der Waals surface area (Å²) < 4.78 is 0. The largest absolute Gasteiger partial charge is 0.366 e. The number of nitro groups is 1. The minimum Gasteiger partial charge on any atom is -0.366 e. The van der Waals surface area contributed by atoms with E-state index in [2.05, 4.69) is 24.1 Å². The van der Waals surface area contributed by atoms with Gasteiger partial charge >= 0.3 is 0 Å². The first kappa shape index (κ1) is 13.4. The summed E-state index contributed by atoms with van der Waals surface area (Å²) in [5, 5.41) is 13.8. The predicted octanol–water partition coefficient (Wildman–Crippen LogP) is 1.69. The fourth-order valence-corrected chi connectivity index (χ4v) is 1.48. The number of aromatic nitrogens is 1. The zero-order chi connectivity index (χ0) is 13.0. The normalized spacial score (nSPS) is 12.5. The van der Waals surface area contributed by atoms with E-state index in [9.17, 15) is 10.1 Å². The van der Waals surface area contributed by atoms with Crippen LogP contribution in [0.15, 0.2) is 12.3 Å². The number of hydrogen-bond acceptors (Lipinski definition) is 5. The molecule has 0 spiro atoms. The second-order valence-electron chi connectivity index (χ2n) is 4.35. The van der Waals surface area contributed by atoms with E-state index in [0.717, 1.165) is 5.56 Å². The number of hydrogen-bond donors (Lipinski definition) is 2. The molecule has 0 aliphatic carbocycles. The lowest BCUT2D eigenvalue weighted by Gasteiger charge is -2.21. The van der Waals surface area contributed by atoms with Crippen LogP contribution in [0.5, 0.6) is 0 Å². The van der Waals surface area contributed by atoms with E-state index >= 15 is 0 Å². The van der Waals surface area contributed by atoms with E-state index in [1.807, 2.05) is 0 Å². The topological polar surface area (TPSA) is 94.1 Å². The molecule has 1 heterocycles. The molecule has 1 rings (SSSR count). The highest BCUT2D eigenvalue weighted by atomic mass is 16.6. The van der Waals surface area contributed by atoms with Crippen LogP contribution in [0, 0.1) is 23.0 Å². The Kier molecular flexibility index (Phi) is 4.39. The lowest BCUT2D eigenvalue weighted by Crippen LogP contribution is -2.34. The molecule has 0 bridgehead atoms. The lowest BCUT2D eigenvalue weighted by atomic mass is 10.0. The Morgan fingerprint density at radius 1 is 1.59 bits per heavy atom. The van der Waals surface area contributed by atoms with Crippen LogP contribution in [0.2, 0.25) is 0 Å². The van der Waals surface area contributed by atoms with Crippen LogP contribution >= 0.6 is 0 Å². The Morgan fingerprint density at radius 3 is 2.65 bits per heavy atom. The van der Waals surface area contributed by atoms with Crippen molar-refractivity contribution in [2.24, 2.45) is 11.7 Å². The van der Waals surface area contributed by atoms with E-state index in [0.29, 0.717) is 18.3 Å². The molecule has 0 saturated heterocycles. The van der Waals surface area contributed by atoms with Crippen molar-refractivity contribution in [3.8, 4) is 0 Å². The van der Waals surface area contributed by atoms with Gasteiger partial charge < -0.3 is 11.1 Å². The summed E-state index contributed by atoms with van der Waals surface area (Å²) in [4.78, 5) is 14.2. The highest BCUT2D eigenvalue weighted by Gasteiger charge is 2.15. The number of nitrogens with zero attached hydrogens (tertiary/aromatic N) is 2. The third-order valence-corrected chi connectivity index (χ3v) is 2.66.